The van der Waals surface area contributed by atoms with Crippen LogP contribution in [0.3, 0.4) is 0 Å². The molecule has 47 heavy (non-hydrogen) atoms. The van der Waals surface area contributed by atoms with Gasteiger partial charge in [-0.05, 0) is 48.5 Å². The van der Waals surface area contributed by atoms with Crippen molar-refractivity contribution in [3.8, 4) is 42.8 Å². The number of hydrogen-bond acceptors (Lipinski definition) is 10. The van der Waals surface area contributed by atoms with E-state index in [2.05, 4.69) is 40.3 Å². The zero-order valence-corrected chi connectivity index (χ0v) is 26.0. The summed E-state index contributed by atoms with van der Waals surface area (Å²) in [5.74, 6) is 0. The Morgan fingerprint density at radius 1 is 0.383 bits per heavy atom. The van der Waals surface area contributed by atoms with E-state index in [1.807, 2.05) is 72.8 Å². The average Bonchev–Trinajstić information content (AvgIpc) is 3.69. The first-order valence-corrected chi connectivity index (χ1v) is 13.6. The van der Waals surface area contributed by atoms with Gasteiger partial charge in [-0.2, -0.15) is 0 Å². The quantitative estimate of drug-likeness (QED) is 0.119. The molecule has 0 aromatic carbocycles. The second-order valence-electron chi connectivity index (χ2n) is 7.67. The Kier molecular flexibility index (Phi) is 18.9. The fourth-order valence-electron chi connectivity index (χ4n) is 2.82. The van der Waals surface area contributed by atoms with Gasteiger partial charge in [-0.3, -0.25) is 19.9 Å². The maximum absolute atomic E-state index is 9.75. The SMILES string of the molecule is F[B-](F)(F)F.F[B-](F)(F)F.[Co+2].[OH3+].[OH3+].c1ccc(-c2nnc(-c3ccccn3)s2)nc1.c1ccc(-c2nnc(-c3ccccn3)s2)nc1. The summed E-state index contributed by atoms with van der Waals surface area (Å²) in [7, 11) is -12.0. The largest absolute Gasteiger partial charge is 2.00 e. The van der Waals surface area contributed by atoms with E-state index in [1.165, 1.54) is 22.7 Å². The molecule has 0 atom stereocenters. The normalized spacial score (nSPS) is 10.0. The molecule has 0 aliphatic carbocycles. The van der Waals surface area contributed by atoms with Crippen LogP contribution < -0.4 is 0 Å². The minimum Gasteiger partial charge on any atom is -0.457 e. The zero-order chi connectivity index (χ0) is 32.0. The van der Waals surface area contributed by atoms with Crippen molar-refractivity contribution in [3.63, 3.8) is 0 Å². The molecule has 6 heterocycles. The van der Waals surface area contributed by atoms with Crippen molar-refractivity contribution >= 4 is 37.2 Å². The van der Waals surface area contributed by atoms with Gasteiger partial charge in [0.05, 0.1) is 0 Å². The van der Waals surface area contributed by atoms with Gasteiger partial charge in [0, 0.05) is 24.8 Å². The van der Waals surface area contributed by atoms with Crippen molar-refractivity contribution in [2.24, 2.45) is 0 Å². The van der Waals surface area contributed by atoms with Crippen LogP contribution in [0.15, 0.2) is 97.6 Å². The van der Waals surface area contributed by atoms with Crippen molar-refractivity contribution in [2.45, 2.75) is 0 Å². The van der Waals surface area contributed by atoms with Gasteiger partial charge in [0.1, 0.15) is 22.8 Å². The first kappa shape index (κ1) is 42.7. The van der Waals surface area contributed by atoms with E-state index in [-0.39, 0.29) is 27.7 Å². The second-order valence-corrected chi connectivity index (χ2v) is 9.63. The number of pyridine rings is 4. The van der Waals surface area contributed by atoms with Crippen LogP contribution in [0.4, 0.5) is 34.5 Å². The predicted octanol–water partition coefficient (Wildman–Crippen LogP) is 6.08. The Morgan fingerprint density at radius 2 is 0.574 bits per heavy atom. The third-order valence-electron chi connectivity index (χ3n) is 4.39. The number of aromatic nitrogens is 8. The fraction of sp³-hybridized carbons (Fsp3) is 0. The van der Waals surface area contributed by atoms with Crippen LogP contribution in [0, 0.1) is 0 Å². The fourth-order valence-corrected chi connectivity index (χ4v) is 4.41. The zero-order valence-electron chi connectivity index (χ0n) is 23.3. The number of nitrogens with zero attached hydrogens (tertiary/aromatic N) is 8. The Labute approximate surface area is 279 Å². The standard InChI is InChI=1S/2C12H8N4S.2BF4.Co.2H2O/c2*1-3-7-13-9(5-1)11-15-16-12(17-11)10-6-2-4-8-14-10;2*2-1(3,4)5;;;/h2*1-8H;;;;2*1H2/q;;2*-1;+2;;/p+2. The maximum Gasteiger partial charge on any atom is 2.00 e. The molecule has 0 aliphatic rings. The maximum atomic E-state index is 9.75. The third kappa shape index (κ3) is 17.3. The van der Waals surface area contributed by atoms with Gasteiger partial charge in [0.25, 0.3) is 0 Å². The molecule has 0 saturated heterocycles. The molecule has 0 fully saturated rings. The summed E-state index contributed by atoms with van der Waals surface area (Å²) in [5, 5.41) is 19.8. The van der Waals surface area contributed by atoms with E-state index in [1.54, 1.807) is 24.8 Å². The van der Waals surface area contributed by atoms with Crippen LogP contribution in [-0.4, -0.2) is 54.8 Å². The van der Waals surface area contributed by atoms with Gasteiger partial charge in [0.2, 0.25) is 0 Å². The monoisotopic (exact) mass is 751 g/mol. The molecule has 23 heteroatoms. The summed E-state index contributed by atoms with van der Waals surface area (Å²) in [6.45, 7) is 0. The molecule has 1 radical (unpaired) electrons. The number of rotatable bonds is 4. The Morgan fingerprint density at radius 3 is 0.723 bits per heavy atom. The molecule has 0 bridgehead atoms. The molecule has 10 nitrogen and oxygen atoms in total. The van der Waals surface area contributed by atoms with E-state index in [0.29, 0.717) is 0 Å². The molecule has 0 amide bonds. The van der Waals surface area contributed by atoms with Gasteiger partial charge in [-0.15, -0.1) is 20.4 Å². The van der Waals surface area contributed by atoms with Crippen molar-refractivity contribution in [2.75, 3.05) is 0 Å². The number of hydrogen-bond donors (Lipinski definition) is 0. The van der Waals surface area contributed by atoms with Gasteiger partial charge >= 0.3 is 31.3 Å². The predicted molar refractivity (Wildman–Crippen MR) is 163 cm³/mol. The molecule has 0 spiro atoms. The van der Waals surface area contributed by atoms with Gasteiger partial charge in [-0.1, -0.05) is 46.9 Å². The first-order valence-electron chi connectivity index (χ1n) is 11.9. The van der Waals surface area contributed by atoms with Crippen LogP contribution >= 0.6 is 22.7 Å². The summed E-state index contributed by atoms with van der Waals surface area (Å²) in [4.78, 5) is 17.0. The van der Waals surface area contributed by atoms with E-state index in [9.17, 15) is 34.5 Å². The van der Waals surface area contributed by atoms with Crippen LogP contribution in [0.2, 0.25) is 0 Å². The Balaban J connectivity index is 0.000000670. The molecule has 0 unspecified atom stereocenters. The third-order valence-corrected chi connectivity index (χ3v) is 6.32. The summed E-state index contributed by atoms with van der Waals surface area (Å²) >= 11 is 2.98. The smallest absolute Gasteiger partial charge is 0.457 e. The average molecular weight is 751 g/mol. The second kappa shape index (κ2) is 20.8. The topological polar surface area (TPSA) is 169 Å². The molecular weight excluding hydrogens is 729 g/mol. The van der Waals surface area contributed by atoms with Crippen molar-refractivity contribution in [1.82, 2.24) is 40.3 Å². The van der Waals surface area contributed by atoms with Gasteiger partial charge in [0.15, 0.2) is 20.0 Å². The molecule has 6 aromatic heterocycles. The molecule has 6 N–H and O–H groups in total. The van der Waals surface area contributed by atoms with E-state index >= 15 is 0 Å². The van der Waals surface area contributed by atoms with Crippen LogP contribution in [0.5, 0.6) is 0 Å². The van der Waals surface area contributed by atoms with E-state index < -0.39 is 14.5 Å². The molecule has 6 rings (SSSR count). The minimum absolute atomic E-state index is 0. The Hall–Kier alpha value is -4.28. The van der Waals surface area contributed by atoms with Crippen molar-refractivity contribution < 1.29 is 62.3 Å². The molecule has 0 aliphatic heterocycles. The van der Waals surface area contributed by atoms with Gasteiger partial charge < -0.3 is 45.5 Å². The van der Waals surface area contributed by atoms with Crippen LogP contribution in [-0.2, 0) is 27.7 Å². The molecular formula is C24H22B2CoF8N8O2S2+2. The van der Waals surface area contributed by atoms with E-state index in [0.717, 1.165) is 42.8 Å². The van der Waals surface area contributed by atoms with Crippen molar-refractivity contribution in [1.29, 1.82) is 0 Å². The summed E-state index contributed by atoms with van der Waals surface area (Å²) < 4.78 is 78.0. The first-order chi connectivity index (χ1) is 20.9. The molecule has 0 saturated carbocycles. The molecule has 6 aromatic rings. The van der Waals surface area contributed by atoms with E-state index in [4.69, 9.17) is 0 Å². The summed E-state index contributed by atoms with van der Waals surface area (Å²) in [6.07, 6.45) is 6.99. The summed E-state index contributed by atoms with van der Waals surface area (Å²) in [6, 6.07) is 22.9. The van der Waals surface area contributed by atoms with Crippen molar-refractivity contribution in [3.05, 3.63) is 97.6 Å². The van der Waals surface area contributed by atoms with Crippen LogP contribution in [0.1, 0.15) is 0 Å². The van der Waals surface area contributed by atoms with Gasteiger partial charge in [-0.25, -0.2) is 0 Å². The van der Waals surface area contributed by atoms with Crippen LogP contribution in [0.25, 0.3) is 42.8 Å². The summed E-state index contributed by atoms with van der Waals surface area (Å²) in [5.41, 5.74) is 3.36. The number of halogens is 8. The minimum atomic E-state index is -6.00. The molecule has 251 valence electrons. The Bertz CT molecular complexity index is 1440.